The highest BCUT2D eigenvalue weighted by Crippen LogP contribution is 2.69. The molecule has 0 unspecified atom stereocenters. The summed E-state index contributed by atoms with van der Waals surface area (Å²) in [7, 11) is 1.79. The Hall–Kier alpha value is -10.2. The Kier molecular flexibility index (Phi) is 21.6. The van der Waals surface area contributed by atoms with Crippen LogP contribution in [0.1, 0.15) is 339 Å². The fraction of sp³-hybridized carbons (Fsp3) is 0.368. The summed E-state index contributed by atoms with van der Waals surface area (Å²) in [5.74, 6) is 5.96. The van der Waals surface area contributed by atoms with Gasteiger partial charge in [-0.1, -0.05) is 201 Å². The quantitative estimate of drug-likeness (QED) is 0.164. The summed E-state index contributed by atoms with van der Waals surface area (Å²) >= 11 is 15.2. The number of aliphatic hydroxyl groups is 2. The van der Waals surface area contributed by atoms with E-state index in [9.17, 15) is 10.2 Å². The Morgan fingerprint density at radius 3 is 1.05 bits per heavy atom. The second-order valence-electron chi connectivity index (χ2n) is 50.0. The summed E-state index contributed by atoms with van der Waals surface area (Å²) in [6.45, 7) is 73.2. The first-order chi connectivity index (χ1) is 69.7. The second-order valence-corrected chi connectivity index (χ2v) is 60.0. The van der Waals surface area contributed by atoms with Gasteiger partial charge in [0.25, 0.3) is 0 Å². The lowest BCUT2D eigenvalue weighted by atomic mass is 9.68. The Morgan fingerprint density at radius 1 is 0.284 bits per heavy atom. The van der Waals surface area contributed by atoms with Gasteiger partial charge in [-0.15, -0.1) is 90.7 Å². The summed E-state index contributed by atoms with van der Waals surface area (Å²) in [6.07, 6.45) is 2.17. The van der Waals surface area contributed by atoms with Gasteiger partial charge in [0.05, 0.1) is 51.5 Å². The third-order valence-electron chi connectivity index (χ3n) is 35.9. The molecule has 15 heteroatoms. The molecule has 29 rings (SSSR count). The molecule has 0 fully saturated rings. The molecular weight excluding hydrogens is 1960 g/mol. The molecule has 0 atom stereocenters. The van der Waals surface area contributed by atoms with Gasteiger partial charge in [-0.3, -0.25) is 0 Å². The molecule has 10 aliphatic rings. The van der Waals surface area contributed by atoms with E-state index in [0.29, 0.717) is 11.8 Å². The number of furan rings is 2. The summed E-state index contributed by atoms with van der Waals surface area (Å²) in [5, 5.41) is 34.0. The van der Waals surface area contributed by atoms with Crippen molar-refractivity contribution in [3.05, 3.63) is 313 Å². The summed E-state index contributed by atoms with van der Waals surface area (Å²) in [5.41, 5.74) is 43.2. The molecule has 0 spiro atoms. The first kappa shape index (κ1) is 98.5. The molecule has 0 radical (unpaired) electrons. The maximum absolute atomic E-state index is 10.7. The van der Waals surface area contributed by atoms with Gasteiger partial charge in [0.15, 0.2) is 0 Å². The molecule has 10 aromatic heterocycles. The molecule has 0 saturated carbocycles. The molecule has 2 N–H and O–H groups in total. The molecule has 148 heavy (non-hydrogen) atoms. The zero-order valence-corrected chi connectivity index (χ0v) is 98.6. The van der Waals surface area contributed by atoms with Crippen molar-refractivity contribution >= 4 is 134 Å². The average Bonchev–Trinajstić information content (AvgIpc) is 1.35. The van der Waals surface area contributed by atoms with E-state index in [1.807, 2.05) is 97.6 Å². The van der Waals surface area contributed by atoms with Crippen molar-refractivity contribution in [3.8, 4) is 112 Å². The Labute approximate surface area is 905 Å². The van der Waals surface area contributed by atoms with E-state index in [1.54, 1.807) is 7.11 Å². The predicted molar refractivity (Wildman–Crippen MR) is 634 cm³/mol. The third kappa shape index (κ3) is 13.3. The van der Waals surface area contributed by atoms with Crippen LogP contribution in [0.2, 0.25) is 0 Å². The largest absolute Gasteiger partial charge is 0.496 e. The number of fused-ring (bicyclic) bond motifs is 40. The molecule has 19 aromatic rings. The first-order valence-electron chi connectivity index (χ1n) is 53.1. The van der Waals surface area contributed by atoms with Crippen molar-refractivity contribution in [2.45, 2.75) is 302 Å². The molecule has 0 aliphatic heterocycles. The number of aliphatic hydroxyl groups excluding tert-OH is 2. The van der Waals surface area contributed by atoms with Crippen molar-refractivity contribution in [2.24, 2.45) is 11.8 Å². The van der Waals surface area contributed by atoms with Crippen LogP contribution in [0.25, 0.3) is 149 Å². The first-order valence-corrected chi connectivity index (χ1v) is 59.6. The van der Waals surface area contributed by atoms with Crippen LogP contribution in [-0.4, -0.2) is 27.3 Å². The smallest absolute Gasteiger partial charge is 0.138 e. The van der Waals surface area contributed by atoms with E-state index in [4.69, 9.17) is 23.5 Å². The van der Waals surface area contributed by atoms with Crippen LogP contribution in [0, 0.1) is 81.1 Å². The van der Waals surface area contributed by atoms with Gasteiger partial charge in [-0.2, -0.15) is 0 Å². The molecule has 0 amide bonds. The molecule has 7 nitrogen and oxygen atoms in total. The number of aryl methyl sites for hydroxylation is 10. The van der Waals surface area contributed by atoms with Gasteiger partial charge in [0.1, 0.15) is 28.8 Å². The van der Waals surface area contributed by atoms with Crippen molar-refractivity contribution in [3.63, 3.8) is 0 Å². The lowest BCUT2D eigenvalue weighted by Gasteiger charge is -2.35. The van der Waals surface area contributed by atoms with Gasteiger partial charge in [-0.05, 0) is 362 Å². The molecular formula is C133H134N2O5S8. The van der Waals surface area contributed by atoms with Crippen molar-refractivity contribution < 1.29 is 23.8 Å². The minimum atomic E-state index is -0.223. The maximum atomic E-state index is 10.7. The summed E-state index contributed by atoms with van der Waals surface area (Å²) < 4.78 is 18.7. The highest BCUT2D eigenvalue weighted by molar-refractivity contribution is 7.18. The zero-order valence-electron chi connectivity index (χ0n) is 92.0. The van der Waals surface area contributed by atoms with Crippen molar-refractivity contribution in [1.82, 2.24) is 9.97 Å². The number of benzene rings is 9. The van der Waals surface area contributed by atoms with Crippen LogP contribution in [0.4, 0.5) is 0 Å². The van der Waals surface area contributed by atoms with Crippen LogP contribution in [0.15, 0.2) is 148 Å². The van der Waals surface area contributed by atoms with E-state index < -0.39 is 0 Å². The van der Waals surface area contributed by atoms with E-state index in [0.717, 1.165) is 73.7 Å². The molecule has 0 saturated heterocycles. The van der Waals surface area contributed by atoms with Gasteiger partial charge >= 0.3 is 0 Å². The number of methoxy groups -OCH3 is 1. The number of ether oxygens (including phenoxy) is 1. The Morgan fingerprint density at radius 2 is 0.635 bits per heavy atom. The average molecular weight is 2100 g/mol. The second kappa shape index (κ2) is 32.4. The normalized spacial score (nSPS) is 17.2. The standard InChI is InChI=1S/C33H38O3.C28H28O2S2.C26H24S2.C24H22N2S2.C22H22S2/c1-17(2)14-33(15-18(3)4)26-12-21-11-24-29(32(7,8)27-9-19(5)36-31(24)27)25(16-34)22(21)13-23(26)30-28(33)10-20(6)35-30;1-13-8-18-25(31-13)21-15(12-29)10-16-17(23(21)27(18,3)4)11-20(30-7)22-24(16)28(5,6)19-9-14(2)32-26(19)22;1-13-11-19-23(27-13)17-9-7-16-15(21(17)25(19,3)4)8-10-18-22(16)26(5,6)20-12-14(2)28-24(18)20;1-11-25-21-19(27-11)15-9-7-14-13(17(15)23(21,3)4)8-10-16-18(14)24(5,6)22-20(16)28-12(2)26-22;1-11-7-17-19(23-11)13-9-16-14(10-15(13)21(17,3)4)20-18(22(16,5)6)8-12(2)24-20/h9-13,17-18,34H,14-16H2,1-8H3;8-11,29H,12H2,1-7H3;7-12H,1-6H3;7-10H,1-6H3;7-10H,1-6H3. The fourth-order valence-corrected chi connectivity index (χ4v) is 39.2. The van der Waals surface area contributed by atoms with Crippen LogP contribution in [0.5, 0.6) is 5.75 Å². The van der Waals surface area contributed by atoms with Crippen LogP contribution in [-0.2, 0) is 67.4 Å². The minimum Gasteiger partial charge on any atom is -0.496 e. The third-order valence-corrected chi connectivity index (χ3v) is 44.3. The number of rotatable bonds is 7. The Bertz CT molecular complexity index is 8470. The van der Waals surface area contributed by atoms with Gasteiger partial charge < -0.3 is 23.8 Å². The number of thiophene rings is 6. The maximum Gasteiger partial charge on any atom is 0.138 e. The van der Waals surface area contributed by atoms with Gasteiger partial charge in [0.2, 0.25) is 0 Å². The number of hydrogen-bond donors (Lipinski definition) is 2. The summed E-state index contributed by atoms with van der Waals surface area (Å²) in [4.78, 5) is 29.5. The number of thiazole rings is 2. The lowest BCUT2D eigenvalue weighted by Crippen LogP contribution is -2.29. The van der Waals surface area contributed by atoms with Crippen LogP contribution >= 0.6 is 90.7 Å². The van der Waals surface area contributed by atoms with Crippen LogP contribution < -0.4 is 4.74 Å². The zero-order chi connectivity index (χ0) is 105. The van der Waals surface area contributed by atoms with E-state index in [2.05, 4.69) is 354 Å². The van der Waals surface area contributed by atoms with Gasteiger partial charge in [0, 0.05) is 146 Å². The predicted octanol–water partition coefficient (Wildman–Crippen LogP) is 38.7. The van der Waals surface area contributed by atoms with E-state index >= 15 is 0 Å². The topological polar surface area (TPSA) is 102 Å². The van der Waals surface area contributed by atoms with Crippen LogP contribution in [0.3, 0.4) is 0 Å². The minimum absolute atomic E-state index is 0.00167. The molecule has 0 bridgehead atoms. The SMILES string of the molecule is COc1cc2c3c(c(CO)cc2c2c1-c1sc(C)cc1C2(C)C)-c1sc(C)cc1C3(C)C.Cc1cc2c(o1)-c1cc3cc4c(cc3c(CO)c1C2(C)C)-c1oc(C)cc1C4(CC(C)C)CC(C)C.Cc1cc2c(s1)-c1cc3c(cc1C2(C)C)-c1sc(C)cc1C3(C)C.Cc1cc2c(s1)-c1ccc3c4c(ccc3c1C2(C)C)-c1sc(C)cc1C4(C)C.Cc1nc2c(s1)-c1ccc3c4c(ccc3c1C2(C)C)-c1sc(C)nc1C4(C)C. The van der Waals surface area contributed by atoms with Crippen molar-refractivity contribution in [2.75, 3.05) is 7.11 Å². The molecule has 9 aromatic carbocycles. The number of hydrogen-bond acceptors (Lipinski definition) is 15. The molecule has 754 valence electrons. The Balaban J connectivity index is 0.0000000966. The number of aromatic nitrogens is 2. The number of nitrogens with zero attached hydrogens (tertiary/aromatic N) is 2. The van der Waals surface area contributed by atoms with Gasteiger partial charge in [-0.25, -0.2) is 9.97 Å². The summed E-state index contributed by atoms with van der Waals surface area (Å²) in [6, 6.07) is 54.3. The highest BCUT2D eigenvalue weighted by atomic mass is 32.1. The van der Waals surface area contributed by atoms with Crippen molar-refractivity contribution in [1.29, 1.82) is 0 Å². The van der Waals surface area contributed by atoms with E-state index in [1.165, 1.54) is 268 Å². The fourth-order valence-electron chi connectivity index (χ4n) is 29.7. The monoisotopic (exact) mass is 2090 g/mol. The molecule has 10 aliphatic carbocycles. The highest BCUT2D eigenvalue weighted by Gasteiger charge is 2.53. The molecule has 10 heterocycles. The van der Waals surface area contributed by atoms with E-state index in [-0.39, 0.29) is 67.4 Å². The lowest BCUT2D eigenvalue weighted by molar-refractivity contribution is 0.281.